The van der Waals surface area contributed by atoms with Crippen molar-refractivity contribution in [1.82, 2.24) is 15.5 Å². The summed E-state index contributed by atoms with van der Waals surface area (Å²) in [4.78, 5) is 26.8. The van der Waals surface area contributed by atoms with Crippen LogP contribution in [0.5, 0.6) is 0 Å². The van der Waals surface area contributed by atoms with Gasteiger partial charge < -0.3 is 15.7 Å². The monoisotopic (exact) mass is 567 g/mol. The molecule has 3 N–H and O–H groups in total. The number of alkyl halides is 3. The third-order valence-corrected chi connectivity index (χ3v) is 7.61. The van der Waals surface area contributed by atoms with Crippen molar-refractivity contribution in [1.29, 1.82) is 0 Å². The minimum Gasteiger partial charge on any atom is -0.390 e. The number of benzene rings is 2. The molecule has 2 fully saturated rings. The molecule has 2 amide bonds. The Balaban J connectivity index is 1.23. The van der Waals surface area contributed by atoms with Crippen LogP contribution in [0.2, 0.25) is 0 Å². The topological polar surface area (TPSA) is 81.7 Å². The molecule has 1 heterocycles. The van der Waals surface area contributed by atoms with E-state index in [1.54, 1.807) is 0 Å². The van der Waals surface area contributed by atoms with Gasteiger partial charge in [-0.25, -0.2) is 0 Å². The van der Waals surface area contributed by atoms with Crippen molar-refractivity contribution in [3.63, 3.8) is 0 Å². The Hall–Kier alpha value is -2.43. The van der Waals surface area contributed by atoms with E-state index < -0.39 is 42.2 Å². The Morgan fingerprint density at radius 2 is 1.72 bits per heavy atom. The van der Waals surface area contributed by atoms with Crippen LogP contribution in [0.4, 0.5) is 13.2 Å². The number of nitrogens with one attached hydrogen (secondary N) is 2. The molecule has 10 heteroatoms. The van der Waals surface area contributed by atoms with Crippen LogP contribution < -0.4 is 10.6 Å². The van der Waals surface area contributed by atoms with E-state index in [-0.39, 0.29) is 5.56 Å². The van der Waals surface area contributed by atoms with Gasteiger partial charge in [0.2, 0.25) is 5.91 Å². The Kier molecular flexibility index (Phi) is 8.37. The van der Waals surface area contributed by atoms with Crippen LogP contribution in [-0.2, 0) is 11.0 Å². The standard InChI is InChI=1S/C26H29BrF3N3O3/c27-20-8-4-16(5-9-20)17-6-10-21(11-7-17)33-14-22(23(34)15-33)32-24(35)13-31-25(36)18-2-1-3-19(12-18)26(28,29)30/h1-5,8-9,12,17,21-23,34H,6-7,10-11,13-15H2,(H,31,36)(H,32,35)/t17?,21?,22-,23+/m0/s1. The van der Waals surface area contributed by atoms with Crippen molar-refractivity contribution in [3.05, 3.63) is 69.7 Å². The van der Waals surface area contributed by atoms with Gasteiger partial charge in [0.05, 0.1) is 24.3 Å². The van der Waals surface area contributed by atoms with E-state index in [2.05, 4.69) is 55.7 Å². The maximum Gasteiger partial charge on any atom is 0.416 e. The lowest BCUT2D eigenvalue weighted by molar-refractivity contribution is -0.137. The van der Waals surface area contributed by atoms with Crippen molar-refractivity contribution in [2.24, 2.45) is 0 Å². The first-order valence-corrected chi connectivity index (χ1v) is 12.8. The van der Waals surface area contributed by atoms with Gasteiger partial charge in [-0.3, -0.25) is 14.5 Å². The highest BCUT2D eigenvalue weighted by molar-refractivity contribution is 9.10. The second-order valence-corrected chi connectivity index (χ2v) is 10.4. The van der Waals surface area contributed by atoms with E-state index in [1.807, 2.05) is 0 Å². The molecule has 2 atom stereocenters. The molecule has 1 aliphatic carbocycles. The van der Waals surface area contributed by atoms with Crippen LogP contribution in [0.3, 0.4) is 0 Å². The third kappa shape index (κ3) is 6.66. The fraction of sp³-hybridized carbons (Fsp3) is 0.462. The SMILES string of the molecule is O=C(CNC(=O)c1cccc(C(F)(F)F)c1)N[C@H]1CN(C2CCC(c3ccc(Br)cc3)CC2)C[C@H]1O. The Morgan fingerprint density at radius 1 is 1.03 bits per heavy atom. The largest absolute Gasteiger partial charge is 0.416 e. The fourth-order valence-electron chi connectivity index (χ4n) is 5.12. The number of aliphatic hydroxyl groups excluding tert-OH is 1. The van der Waals surface area contributed by atoms with Gasteiger partial charge in [-0.1, -0.05) is 34.1 Å². The van der Waals surface area contributed by atoms with Crippen LogP contribution in [0.15, 0.2) is 53.0 Å². The lowest BCUT2D eigenvalue weighted by Gasteiger charge is -2.34. The van der Waals surface area contributed by atoms with E-state index in [4.69, 9.17) is 0 Å². The highest BCUT2D eigenvalue weighted by Crippen LogP contribution is 2.36. The van der Waals surface area contributed by atoms with Gasteiger partial charge >= 0.3 is 6.18 Å². The number of β-amino-alcohol motifs (C(OH)–C–C–N with tert-alkyl or cyclic N) is 1. The summed E-state index contributed by atoms with van der Waals surface area (Å²) < 4.78 is 39.6. The molecule has 4 rings (SSSR count). The molecular weight excluding hydrogens is 539 g/mol. The van der Waals surface area contributed by atoms with Crippen LogP contribution in [-0.4, -0.2) is 59.6 Å². The van der Waals surface area contributed by atoms with Crippen molar-refractivity contribution in [2.45, 2.75) is 56.0 Å². The summed E-state index contributed by atoms with van der Waals surface area (Å²) in [5.74, 6) is -0.745. The normalized spacial score (nSPS) is 24.9. The molecule has 1 saturated heterocycles. The number of rotatable bonds is 6. The predicted molar refractivity (Wildman–Crippen MR) is 132 cm³/mol. The zero-order valence-electron chi connectivity index (χ0n) is 19.6. The molecule has 0 radical (unpaired) electrons. The van der Waals surface area contributed by atoms with Gasteiger partial charge in [-0.2, -0.15) is 13.2 Å². The number of hydrogen-bond donors (Lipinski definition) is 3. The van der Waals surface area contributed by atoms with Gasteiger partial charge in [-0.05, 0) is 67.5 Å². The summed E-state index contributed by atoms with van der Waals surface area (Å²) in [6.45, 7) is 0.591. The lowest BCUT2D eigenvalue weighted by atomic mass is 9.81. The Bertz CT molecular complexity index is 1070. The lowest BCUT2D eigenvalue weighted by Crippen LogP contribution is -2.47. The number of halogens is 4. The zero-order valence-corrected chi connectivity index (χ0v) is 21.2. The second-order valence-electron chi connectivity index (χ2n) is 9.51. The summed E-state index contributed by atoms with van der Waals surface area (Å²) in [7, 11) is 0. The molecule has 194 valence electrons. The first-order valence-electron chi connectivity index (χ1n) is 12.0. The number of hydrogen-bond acceptors (Lipinski definition) is 4. The molecular formula is C26H29BrF3N3O3. The highest BCUT2D eigenvalue weighted by atomic mass is 79.9. The van der Waals surface area contributed by atoms with Crippen LogP contribution in [0.1, 0.15) is 53.1 Å². The Morgan fingerprint density at radius 3 is 2.39 bits per heavy atom. The summed E-state index contributed by atoms with van der Waals surface area (Å²) in [6.07, 6.45) is -1.12. The summed E-state index contributed by atoms with van der Waals surface area (Å²) in [5.41, 5.74) is 0.235. The predicted octanol–water partition coefficient (Wildman–Crippen LogP) is 4.09. The van der Waals surface area contributed by atoms with Gasteiger partial charge in [0.1, 0.15) is 0 Å². The van der Waals surface area contributed by atoms with E-state index in [0.29, 0.717) is 25.0 Å². The minimum absolute atomic E-state index is 0.177. The molecule has 6 nitrogen and oxygen atoms in total. The van der Waals surface area contributed by atoms with E-state index in [1.165, 1.54) is 11.6 Å². The Labute approximate surface area is 216 Å². The first kappa shape index (κ1) is 26.6. The summed E-state index contributed by atoms with van der Waals surface area (Å²) in [6, 6.07) is 12.3. The van der Waals surface area contributed by atoms with Crippen LogP contribution in [0.25, 0.3) is 0 Å². The van der Waals surface area contributed by atoms with Crippen molar-refractivity contribution >= 4 is 27.7 Å². The van der Waals surface area contributed by atoms with Gasteiger partial charge in [-0.15, -0.1) is 0 Å². The average Bonchev–Trinajstić information content (AvgIpc) is 3.22. The number of likely N-dealkylation sites (tertiary alicyclic amines) is 1. The van der Waals surface area contributed by atoms with Crippen molar-refractivity contribution < 1.29 is 27.9 Å². The van der Waals surface area contributed by atoms with Gasteiger partial charge in [0.25, 0.3) is 5.91 Å². The number of aliphatic hydroxyl groups is 1. The van der Waals surface area contributed by atoms with Crippen molar-refractivity contribution in [2.75, 3.05) is 19.6 Å². The number of nitrogens with zero attached hydrogens (tertiary/aromatic N) is 1. The molecule has 0 unspecified atom stereocenters. The minimum atomic E-state index is -4.56. The maximum atomic E-state index is 12.9. The molecule has 2 aromatic rings. The smallest absolute Gasteiger partial charge is 0.390 e. The van der Waals surface area contributed by atoms with Crippen LogP contribution in [0, 0.1) is 0 Å². The van der Waals surface area contributed by atoms with Gasteiger partial charge in [0, 0.05) is 29.2 Å². The van der Waals surface area contributed by atoms with Crippen LogP contribution >= 0.6 is 15.9 Å². The number of carbonyl (C=O) groups is 2. The molecule has 0 aromatic heterocycles. The molecule has 1 aliphatic heterocycles. The van der Waals surface area contributed by atoms with E-state index >= 15 is 0 Å². The molecule has 0 bridgehead atoms. The molecule has 2 aliphatic rings. The quantitative estimate of drug-likeness (QED) is 0.491. The van der Waals surface area contributed by atoms with E-state index in [0.717, 1.165) is 48.4 Å². The molecule has 0 spiro atoms. The third-order valence-electron chi connectivity index (χ3n) is 7.08. The van der Waals surface area contributed by atoms with Crippen molar-refractivity contribution in [3.8, 4) is 0 Å². The molecule has 2 aromatic carbocycles. The fourth-order valence-corrected chi connectivity index (χ4v) is 5.39. The van der Waals surface area contributed by atoms with Gasteiger partial charge in [0.15, 0.2) is 0 Å². The number of amides is 2. The number of carbonyl (C=O) groups excluding carboxylic acids is 2. The summed E-state index contributed by atoms with van der Waals surface area (Å²) >= 11 is 3.47. The van der Waals surface area contributed by atoms with E-state index in [9.17, 15) is 27.9 Å². The second kappa shape index (κ2) is 11.3. The molecule has 1 saturated carbocycles. The summed E-state index contributed by atoms with van der Waals surface area (Å²) in [5, 5.41) is 15.6. The maximum absolute atomic E-state index is 12.9. The average molecular weight is 568 g/mol. The first-order chi connectivity index (χ1) is 17.1. The molecule has 36 heavy (non-hydrogen) atoms. The zero-order chi connectivity index (χ0) is 25.9. The highest BCUT2D eigenvalue weighted by Gasteiger charge is 2.37.